The second kappa shape index (κ2) is 8.93. The molecule has 0 saturated carbocycles. The van der Waals surface area contributed by atoms with Gasteiger partial charge in [0, 0.05) is 39.3 Å². The molecule has 0 aliphatic rings. The van der Waals surface area contributed by atoms with Crippen LogP contribution in [0.2, 0.25) is 0 Å². The van der Waals surface area contributed by atoms with Gasteiger partial charge in [0.25, 0.3) is 5.91 Å². The Morgan fingerprint density at radius 1 is 0.962 bits per heavy atom. The largest absolute Gasteiger partial charge is 0.337 e. The van der Waals surface area contributed by atoms with Crippen molar-refractivity contribution in [1.29, 1.82) is 0 Å². The van der Waals surface area contributed by atoms with E-state index in [1.807, 2.05) is 30.3 Å². The van der Waals surface area contributed by atoms with Crippen molar-refractivity contribution in [3.63, 3.8) is 0 Å². The van der Waals surface area contributed by atoms with Crippen LogP contribution in [0.25, 0.3) is 0 Å². The van der Waals surface area contributed by atoms with Crippen LogP contribution in [0.3, 0.4) is 0 Å². The van der Waals surface area contributed by atoms with Crippen molar-refractivity contribution in [1.82, 2.24) is 9.21 Å². The second-order valence-electron chi connectivity index (χ2n) is 6.13. The zero-order valence-electron chi connectivity index (χ0n) is 15.1. The van der Waals surface area contributed by atoms with E-state index in [1.54, 1.807) is 17.0 Å². The van der Waals surface area contributed by atoms with Gasteiger partial charge in [-0.2, -0.15) is 0 Å². The Morgan fingerprint density at radius 3 is 2.12 bits per heavy atom. The minimum absolute atomic E-state index is 0.153. The standard InChI is InChI=1S/C19H25N3O3S/c1-21(2)26(24,25)18-10-8-17(9-11-18)19(23)22(15-13-20)14-12-16-6-4-3-5-7-16/h3-11H,12-15,20H2,1-2H3. The van der Waals surface area contributed by atoms with Gasteiger partial charge in [-0.3, -0.25) is 4.79 Å². The number of amides is 1. The Morgan fingerprint density at radius 2 is 1.58 bits per heavy atom. The first-order chi connectivity index (χ1) is 12.4. The van der Waals surface area contributed by atoms with Gasteiger partial charge in [0.1, 0.15) is 0 Å². The topological polar surface area (TPSA) is 83.7 Å². The van der Waals surface area contributed by atoms with Gasteiger partial charge in [0.15, 0.2) is 0 Å². The Labute approximate surface area is 155 Å². The lowest BCUT2D eigenvalue weighted by Gasteiger charge is -2.22. The van der Waals surface area contributed by atoms with E-state index in [0.717, 1.165) is 16.3 Å². The van der Waals surface area contributed by atoms with E-state index in [1.165, 1.54) is 26.2 Å². The molecule has 0 unspecified atom stereocenters. The van der Waals surface area contributed by atoms with Gasteiger partial charge in [0.2, 0.25) is 10.0 Å². The molecule has 2 aromatic carbocycles. The van der Waals surface area contributed by atoms with Crippen LogP contribution in [0.5, 0.6) is 0 Å². The predicted octanol–water partition coefficient (Wildman–Crippen LogP) is 1.58. The molecule has 2 rings (SSSR count). The molecule has 0 aliphatic carbocycles. The average Bonchev–Trinajstić information content (AvgIpc) is 2.65. The quantitative estimate of drug-likeness (QED) is 0.759. The summed E-state index contributed by atoms with van der Waals surface area (Å²) in [4.78, 5) is 14.6. The molecule has 0 heterocycles. The number of benzene rings is 2. The fourth-order valence-electron chi connectivity index (χ4n) is 2.54. The maximum Gasteiger partial charge on any atom is 0.253 e. The molecular formula is C19H25N3O3S. The average molecular weight is 375 g/mol. The number of rotatable bonds is 8. The van der Waals surface area contributed by atoms with Crippen molar-refractivity contribution >= 4 is 15.9 Å². The number of sulfonamides is 1. The monoisotopic (exact) mass is 375 g/mol. The number of carbonyl (C=O) groups excluding carboxylic acids is 1. The van der Waals surface area contributed by atoms with E-state index in [-0.39, 0.29) is 10.8 Å². The van der Waals surface area contributed by atoms with Crippen LogP contribution in [0, 0.1) is 0 Å². The van der Waals surface area contributed by atoms with Crippen LogP contribution in [0.4, 0.5) is 0 Å². The van der Waals surface area contributed by atoms with Crippen molar-refractivity contribution in [2.75, 3.05) is 33.7 Å². The van der Waals surface area contributed by atoms with Crippen molar-refractivity contribution in [2.45, 2.75) is 11.3 Å². The first-order valence-electron chi connectivity index (χ1n) is 8.42. The molecule has 140 valence electrons. The van der Waals surface area contributed by atoms with Gasteiger partial charge in [-0.05, 0) is 36.2 Å². The fraction of sp³-hybridized carbons (Fsp3) is 0.316. The molecule has 0 aliphatic heterocycles. The molecule has 6 nitrogen and oxygen atoms in total. The molecule has 0 radical (unpaired) electrons. The highest BCUT2D eigenvalue weighted by molar-refractivity contribution is 7.89. The third-order valence-electron chi connectivity index (χ3n) is 4.08. The molecule has 2 N–H and O–H groups in total. The summed E-state index contributed by atoms with van der Waals surface area (Å²) in [6.45, 7) is 1.37. The number of carbonyl (C=O) groups is 1. The van der Waals surface area contributed by atoms with Crippen LogP contribution in [0.15, 0.2) is 59.5 Å². The summed E-state index contributed by atoms with van der Waals surface area (Å²) in [6, 6.07) is 15.9. The molecule has 0 bridgehead atoms. The predicted molar refractivity (Wildman–Crippen MR) is 102 cm³/mol. The van der Waals surface area contributed by atoms with Crippen LogP contribution < -0.4 is 5.73 Å². The summed E-state index contributed by atoms with van der Waals surface area (Å²) in [6.07, 6.45) is 0.736. The molecule has 0 atom stereocenters. The van der Waals surface area contributed by atoms with Gasteiger partial charge in [0.05, 0.1) is 4.90 Å². The smallest absolute Gasteiger partial charge is 0.253 e. The summed E-state index contributed by atoms with van der Waals surface area (Å²) in [5, 5.41) is 0. The molecular weight excluding hydrogens is 350 g/mol. The Kier molecular flexibility index (Phi) is 6.90. The highest BCUT2D eigenvalue weighted by Gasteiger charge is 2.19. The Hall–Kier alpha value is -2.22. The molecule has 2 aromatic rings. The van der Waals surface area contributed by atoms with Crippen LogP contribution in [0.1, 0.15) is 15.9 Å². The summed E-state index contributed by atoms with van der Waals surface area (Å²) < 4.78 is 25.4. The molecule has 0 fully saturated rings. The number of hydrogen-bond donors (Lipinski definition) is 1. The van der Waals surface area contributed by atoms with E-state index in [0.29, 0.717) is 25.2 Å². The molecule has 0 spiro atoms. The minimum Gasteiger partial charge on any atom is -0.337 e. The van der Waals surface area contributed by atoms with E-state index < -0.39 is 10.0 Å². The lowest BCUT2D eigenvalue weighted by molar-refractivity contribution is 0.0762. The molecule has 0 aromatic heterocycles. The SMILES string of the molecule is CN(C)S(=O)(=O)c1ccc(C(=O)N(CCN)CCc2ccccc2)cc1. The summed E-state index contributed by atoms with van der Waals surface area (Å²) in [5.41, 5.74) is 7.25. The van der Waals surface area contributed by atoms with E-state index in [9.17, 15) is 13.2 Å². The van der Waals surface area contributed by atoms with Crippen LogP contribution in [-0.4, -0.2) is 57.3 Å². The highest BCUT2D eigenvalue weighted by atomic mass is 32.2. The number of nitrogens with two attached hydrogens (primary N) is 1. The van der Waals surface area contributed by atoms with Gasteiger partial charge >= 0.3 is 0 Å². The van der Waals surface area contributed by atoms with Gasteiger partial charge in [-0.15, -0.1) is 0 Å². The summed E-state index contributed by atoms with van der Waals surface area (Å²) in [7, 11) is -0.561. The number of hydrogen-bond acceptors (Lipinski definition) is 4. The van der Waals surface area contributed by atoms with Gasteiger partial charge in [-0.25, -0.2) is 12.7 Å². The van der Waals surface area contributed by atoms with Gasteiger partial charge < -0.3 is 10.6 Å². The second-order valence-corrected chi connectivity index (χ2v) is 8.28. The van der Waals surface area contributed by atoms with Crippen molar-refractivity contribution in [2.24, 2.45) is 5.73 Å². The molecule has 7 heteroatoms. The summed E-state index contributed by atoms with van der Waals surface area (Å²) in [5.74, 6) is -0.153. The first-order valence-corrected chi connectivity index (χ1v) is 9.86. The third kappa shape index (κ3) is 4.91. The zero-order valence-corrected chi connectivity index (χ0v) is 15.9. The lowest BCUT2D eigenvalue weighted by Crippen LogP contribution is -2.37. The first kappa shape index (κ1) is 20.1. The van der Waals surface area contributed by atoms with E-state index >= 15 is 0 Å². The van der Waals surface area contributed by atoms with E-state index in [2.05, 4.69) is 0 Å². The van der Waals surface area contributed by atoms with Gasteiger partial charge in [-0.1, -0.05) is 30.3 Å². The number of nitrogens with zero attached hydrogens (tertiary/aromatic N) is 2. The molecule has 1 amide bonds. The van der Waals surface area contributed by atoms with Crippen molar-refractivity contribution in [3.05, 3.63) is 65.7 Å². The zero-order chi connectivity index (χ0) is 19.2. The van der Waals surface area contributed by atoms with Crippen LogP contribution >= 0.6 is 0 Å². The maximum absolute atomic E-state index is 12.8. The lowest BCUT2D eigenvalue weighted by atomic mass is 10.1. The maximum atomic E-state index is 12.8. The van der Waals surface area contributed by atoms with Crippen molar-refractivity contribution < 1.29 is 13.2 Å². The fourth-order valence-corrected chi connectivity index (χ4v) is 3.44. The highest BCUT2D eigenvalue weighted by Crippen LogP contribution is 2.15. The Bertz CT molecular complexity index is 819. The summed E-state index contributed by atoms with van der Waals surface area (Å²) >= 11 is 0. The van der Waals surface area contributed by atoms with Crippen LogP contribution in [-0.2, 0) is 16.4 Å². The van der Waals surface area contributed by atoms with Crippen molar-refractivity contribution in [3.8, 4) is 0 Å². The Balaban J connectivity index is 2.13. The molecule has 0 saturated heterocycles. The normalized spacial score (nSPS) is 11.5. The minimum atomic E-state index is -3.51. The third-order valence-corrected chi connectivity index (χ3v) is 5.91. The molecule has 26 heavy (non-hydrogen) atoms. The van der Waals surface area contributed by atoms with E-state index in [4.69, 9.17) is 5.73 Å².